The van der Waals surface area contributed by atoms with Crippen LogP contribution in [-0.2, 0) is 9.53 Å². The van der Waals surface area contributed by atoms with Gasteiger partial charge in [-0.3, -0.25) is 4.79 Å². The van der Waals surface area contributed by atoms with Gasteiger partial charge in [-0.25, -0.2) is 4.79 Å². The standard InChI is InChI=1S/C16H18F2N2O4/c1-23-14(22)9-2-3-11(12(6-9)24-15(17)18)20-13(21)10-7-16(10)4-5-19-8-16/h2-3,6,10,15,19H,4-5,7-8H2,1H3,(H,20,21)/t10-,16+/m0/s1. The number of nitrogens with one attached hydrogen (secondary N) is 2. The first-order valence-corrected chi connectivity index (χ1v) is 7.64. The summed E-state index contributed by atoms with van der Waals surface area (Å²) in [6.07, 6.45) is 1.73. The van der Waals surface area contributed by atoms with Gasteiger partial charge < -0.3 is 20.1 Å². The second kappa shape index (κ2) is 6.35. The van der Waals surface area contributed by atoms with Crippen LogP contribution in [0, 0.1) is 11.3 Å². The topological polar surface area (TPSA) is 76.7 Å². The Bertz CT molecular complexity index is 659. The van der Waals surface area contributed by atoms with E-state index < -0.39 is 12.6 Å². The zero-order valence-corrected chi connectivity index (χ0v) is 13.1. The van der Waals surface area contributed by atoms with Crippen LogP contribution in [0.25, 0.3) is 0 Å². The van der Waals surface area contributed by atoms with E-state index in [1.807, 2.05) is 0 Å². The Morgan fingerprint density at radius 1 is 1.42 bits per heavy atom. The lowest BCUT2D eigenvalue weighted by molar-refractivity contribution is -0.118. The number of methoxy groups -OCH3 is 1. The average Bonchev–Trinajstić information content (AvgIpc) is 3.05. The van der Waals surface area contributed by atoms with Crippen LogP contribution in [0.4, 0.5) is 14.5 Å². The van der Waals surface area contributed by atoms with Gasteiger partial charge in [0.2, 0.25) is 5.91 Å². The normalized spacial score (nSPS) is 24.9. The van der Waals surface area contributed by atoms with Crippen LogP contribution >= 0.6 is 0 Å². The number of amides is 1. The van der Waals surface area contributed by atoms with Crippen molar-refractivity contribution in [3.63, 3.8) is 0 Å². The second-order valence-electron chi connectivity index (χ2n) is 6.12. The zero-order chi connectivity index (χ0) is 17.3. The number of halogens is 2. The van der Waals surface area contributed by atoms with Crippen molar-refractivity contribution in [1.29, 1.82) is 0 Å². The Hall–Kier alpha value is -2.22. The molecule has 0 bridgehead atoms. The summed E-state index contributed by atoms with van der Waals surface area (Å²) in [5.41, 5.74) is 0.176. The van der Waals surface area contributed by atoms with E-state index in [9.17, 15) is 18.4 Å². The second-order valence-corrected chi connectivity index (χ2v) is 6.12. The van der Waals surface area contributed by atoms with Crippen LogP contribution in [0.3, 0.4) is 0 Å². The number of rotatable bonds is 5. The van der Waals surface area contributed by atoms with Gasteiger partial charge >= 0.3 is 12.6 Å². The molecule has 2 N–H and O–H groups in total. The number of carbonyl (C=O) groups excluding carboxylic acids is 2. The third-order valence-electron chi connectivity index (χ3n) is 4.66. The van der Waals surface area contributed by atoms with Crippen LogP contribution in [0.2, 0.25) is 0 Å². The molecule has 1 aromatic carbocycles. The van der Waals surface area contributed by atoms with E-state index in [0.29, 0.717) is 0 Å². The van der Waals surface area contributed by atoms with Gasteiger partial charge in [0.05, 0.1) is 18.4 Å². The lowest BCUT2D eigenvalue weighted by Gasteiger charge is -2.14. The number of alkyl halides is 2. The predicted octanol–water partition coefficient (Wildman–Crippen LogP) is 2.01. The fourth-order valence-corrected chi connectivity index (χ4v) is 3.24. The van der Waals surface area contributed by atoms with Crippen molar-refractivity contribution in [3.05, 3.63) is 23.8 Å². The predicted molar refractivity (Wildman–Crippen MR) is 81.1 cm³/mol. The smallest absolute Gasteiger partial charge is 0.387 e. The number of carbonyl (C=O) groups is 2. The van der Waals surface area contributed by atoms with Crippen molar-refractivity contribution in [1.82, 2.24) is 5.32 Å². The van der Waals surface area contributed by atoms with Crippen molar-refractivity contribution in [2.45, 2.75) is 19.5 Å². The molecule has 1 amide bonds. The number of benzene rings is 1. The lowest BCUT2D eigenvalue weighted by atomic mass is 10.0. The molecule has 2 fully saturated rings. The van der Waals surface area contributed by atoms with Gasteiger partial charge in [-0.15, -0.1) is 0 Å². The number of anilines is 1. The minimum Gasteiger partial charge on any atom is -0.465 e. The Morgan fingerprint density at radius 2 is 2.21 bits per heavy atom. The van der Waals surface area contributed by atoms with Crippen molar-refractivity contribution >= 4 is 17.6 Å². The molecular formula is C16H18F2N2O4. The largest absolute Gasteiger partial charge is 0.465 e. The highest BCUT2D eigenvalue weighted by atomic mass is 19.3. The number of hydrogen-bond donors (Lipinski definition) is 2. The molecule has 0 aromatic heterocycles. The van der Waals surface area contributed by atoms with Crippen LogP contribution < -0.4 is 15.4 Å². The van der Waals surface area contributed by atoms with E-state index >= 15 is 0 Å². The maximum Gasteiger partial charge on any atom is 0.387 e. The molecule has 3 rings (SSSR count). The van der Waals surface area contributed by atoms with E-state index in [-0.39, 0.29) is 34.2 Å². The molecule has 1 saturated carbocycles. The highest BCUT2D eigenvalue weighted by molar-refractivity contribution is 5.97. The Morgan fingerprint density at radius 3 is 2.83 bits per heavy atom. The molecule has 6 nitrogen and oxygen atoms in total. The molecule has 1 spiro atoms. The van der Waals surface area contributed by atoms with Gasteiger partial charge in [-0.2, -0.15) is 8.78 Å². The van der Waals surface area contributed by atoms with Crippen LogP contribution in [0.1, 0.15) is 23.2 Å². The highest BCUT2D eigenvalue weighted by Crippen LogP contribution is 2.57. The molecule has 0 radical (unpaired) electrons. The summed E-state index contributed by atoms with van der Waals surface area (Å²) in [5.74, 6) is -1.29. The van der Waals surface area contributed by atoms with Crippen molar-refractivity contribution in [3.8, 4) is 5.75 Å². The first kappa shape index (κ1) is 16.6. The van der Waals surface area contributed by atoms with E-state index in [2.05, 4.69) is 20.1 Å². The van der Waals surface area contributed by atoms with Crippen LogP contribution in [-0.4, -0.2) is 38.7 Å². The molecule has 1 aromatic rings. The van der Waals surface area contributed by atoms with Gasteiger partial charge in [0, 0.05) is 12.5 Å². The van der Waals surface area contributed by atoms with Gasteiger partial charge in [0.15, 0.2) is 0 Å². The van der Waals surface area contributed by atoms with E-state index in [4.69, 9.17) is 0 Å². The number of esters is 1. The van der Waals surface area contributed by atoms with Crippen molar-refractivity contribution < 1.29 is 27.8 Å². The third-order valence-corrected chi connectivity index (χ3v) is 4.66. The molecule has 1 heterocycles. The summed E-state index contributed by atoms with van der Waals surface area (Å²) in [6.45, 7) is -1.38. The summed E-state index contributed by atoms with van der Waals surface area (Å²) in [5, 5.41) is 5.87. The molecule has 2 atom stereocenters. The summed E-state index contributed by atoms with van der Waals surface area (Å²) >= 11 is 0. The minimum absolute atomic E-state index is 0.000223. The summed E-state index contributed by atoms with van der Waals surface area (Å²) < 4.78 is 34.2. The Kier molecular flexibility index (Phi) is 4.40. The molecule has 8 heteroatoms. The van der Waals surface area contributed by atoms with Gasteiger partial charge in [-0.1, -0.05) is 0 Å². The van der Waals surface area contributed by atoms with Crippen LogP contribution in [0.15, 0.2) is 18.2 Å². The highest BCUT2D eigenvalue weighted by Gasteiger charge is 2.59. The Balaban J connectivity index is 1.76. The summed E-state index contributed by atoms with van der Waals surface area (Å²) in [4.78, 5) is 23.9. The Labute approximate surface area is 137 Å². The molecule has 130 valence electrons. The molecule has 1 aliphatic heterocycles. The van der Waals surface area contributed by atoms with Crippen LogP contribution in [0.5, 0.6) is 5.75 Å². The third kappa shape index (κ3) is 3.19. The van der Waals surface area contributed by atoms with Gasteiger partial charge in [0.25, 0.3) is 0 Å². The monoisotopic (exact) mass is 340 g/mol. The molecule has 1 saturated heterocycles. The van der Waals surface area contributed by atoms with E-state index in [0.717, 1.165) is 32.0 Å². The summed E-state index contributed by atoms with van der Waals surface area (Å²) in [6, 6.07) is 3.89. The average molecular weight is 340 g/mol. The molecule has 0 unspecified atom stereocenters. The SMILES string of the molecule is COC(=O)c1ccc(NC(=O)[C@@H]2C[C@@]23CCNC3)c(OC(F)F)c1. The minimum atomic E-state index is -3.07. The summed E-state index contributed by atoms with van der Waals surface area (Å²) in [7, 11) is 1.19. The molecular weight excluding hydrogens is 322 g/mol. The fraction of sp³-hybridized carbons (Fsp3) is 0.500. The molecule has 24 heavy (non-hydrogen) atoms. The fourth-order valence-electron chi connectivity index (χ4n) is 3.24. The zero-order valence-electron chi connectivity index (χ0n) is 13.1. The number of hydrogen-bond acceptors (Lipinski definition) is 5. The number of ether oxygens (including phenoxy) is 2. The van der Waals surface area contributed by atoms with E-state index in [1.54, 1.807) is 0 Å². The molecule has 1 aliphatic carbocycles. The molecule has 2 aliphatic rings. The first-order chi connectivity index (χ1) is 11.4. The lowest BCUT2D eigenvalue weighted by Crippen LogP contribution is -2.21. The van der Waals surface area contributed by atoms with Gasteiger partial charge in [0.1, 0.15) is 5.75 Å². The maximum atomic E-state index is 12.6. The quantitative estimate of drug-likeness (QED) is 0.802. The van der Waals surface area contributed by atoms with E-state index in [1.165, 1.54) is 19.2 Å². The first-order valence-electron chi connectivity index (χ1n) is 7.64. The van der Waals surface area contributed by atoms with Gasteiger partial charge in [-0.05, 0) is 43.0 Å². The van der Waals surface area contributed by atoms with Crippen molar-refractivity contribution in [2.24, 2.45) is 11.3 Å². The van der Waals surface area contributed by atoms with Crippen molar-refractivity contribution in [2.75, 3.05) is 25.5 Å². The maximum absolute atomic E-state index is 12.6.